The molecule has 1 N–H and O–H groups in total. The highest BCUT2D eigenvalue weighted by Gasteiger charge is 2.20. The van der Waals surface area contributed by atoms with Crippen molar-refractivity contribution in [2.24, 2.45) is 0 Å². The van der Waals surface area contributed by atoms with Crippen molar-refractivity contribution in [3.63, 3.8) is 0 Å². The van der Waals surface area contributed by atoms with Gasteiger partial charge in [0.05, 0.1) is 5.69 Å². The highest BCUT2D eigenvalue weighted by atomic mass is 79.9. The van der Waals surface area contributed by atoms with Crippen LogP contribution in [0.25, 0.3) is 0 Å². The van der Waals surface area contributed by atoms with E-state index in [1.54, 1.807) is 30.3 Å². The summed E-state index contributed by atoms with van der Waals surface area (Å²) in [6.07, 6.45) is 2.22. The number of amides is 1. The number of hydrogen-bond donors (Lipinski definition) is 1. The van der Waals surface area contributed by atoms with E-state index in [1.807, 2.05) is 6.07 Å². The molecule has 1 aliphatic heterocycles. The second-order valence-electron chi connectivity index (χ2n) is 6.31. The van der Waals surface area contributed by atoms with E-state index < -0.39 is 5.82 Å². The SMILES string of the molecule is O=C(CCC(=O)c1ccc(Br)cc1)Nc1c(F)cccc1N1CCCC1. The summed E-state index contributed by atoms with van der Waals surface area (Å²) < 4.78 is 15.1. The third-order valence-corrected chi connectivity index (χ3v) is 4.98. The van der Waals surface area contributed by atoms with E-state index >= 15 is 0 Å². The molecule has 0 bridgehead atoms. The van der Waals surface area contributed by atoms with Crippen LogP contribution >= 0.6 is 15.9 Å². The number of anilines is 2. The molecule has 0 atom stereocenters. The number of nitrogens with one attached hydrogen (secondary N) is 1. The molecule has 2 aromatic rings. The summed E-state index contributed by atoms with van der Waals surface area (Å²) in [7, 11) is 0. The van der Waals surface area contributed by atoms with Crippen molar-refractivity contribution in [3.8, 4) is 0 Å². The van der Waals surface area contributed by atoms with Gasteiger partial charge in [0.25, 0.3) is 0 Å². The molecule has 0 unspecified atom stereocenters. The summed E-state index contributed by atoms with van der Waals surface area (Å²) in [6.45, 7) is 1.71. The highest BCUT2D eigenvalue weighted by molar-refractivity contribution is 9.10. The fraction of sp³-hybridized carbons (Fsp3) is 0.300. The first kappa shape index (κ1) is 18.6. The van der Waals surface area contributed by atoms with Crippen molar-refractivity contribution < 1.29 is 14.0 Å². The molecule has 2 aromatic carbocycles. The molecule has 1 aliphatic rings. The molecule has 0 aromatic heterocycles. The Labute approximate surface area is 160 Å². The summed E-state index contributed by atoms with van der Waals surface area (Å²) in [5.74, 6) is -0.927. The van der Waals surface area contributed by atoms with Crippen LogP contribution in [0.1, 0.15) is 36.0 Å². The maximum absolute atomic E-state index is 14.3. The Morgan fingerprint density at radius 2 is 1.73 bits per heavy atom. The van der Waals surface area contributed by atoms with Crippen LogP contribution in [0.4, 0.5) is 15.8 Å². The number of benzene rings is 2. The Hall–Kier alpha value is -2.21. The number of rotatable bonds is 6. The zero-order valence-electron chi connectivity index (χ0n) is 14.3. The molecule has 136 valence electrons. The standard InChI is InChI=1S/C20H20BrFN2O2/c21-15-8-6-14(7-9-15)18(25)10-11-19(26)23-20-16(22)4-3-5-17(20)24-12-1-2-13-24/h3-9H,1-2,10-13H2,(H,23,26). The maximum atomic E-state index is 14.3. The van der Waals surface area contributed by atoms with Gasteiger partial charge in [-0.15, -0.1) is 0 Å². The van der Waals surface area contributed by atoms with Gasteiger partial charge in [-0.05, 0) is 37.1 Å². The van der Waals surface area contributed by atoms with Gasteiger partial charge in [-0.25, -0.2) is 4.39 Å². The van der Waals surface area contributed by atoms with E-state index in [-0.39, 0.29) is 30.2 Å². The van der Waals surface area contributed by atoms with Crippen LogP contribution in [-0.4, -0.2) is 24.8 Å². The fourth-order valence-electron chi connectivity index (χ4n) is 3.07. The minimum Gasteiger partial charge on any atom is -0.370 e. The molecule has 4 nitrogen and oxygen atoms in total. The molecule has 0 radical (unpaired) electrons. The molecule has 0 spiro atoms. The van der Waals surface area contributed by atoms with Crippen molar-refractivity contribution >= 4 is 39.0 Å². The van der Waals surface area contributed by atoms with Crippen LogP contribution in [-0.2, 0) is 4.79 Å². The number of para-hydroxylation sites is 1. The largest absolute Gasteiger partial charge is 0.370 e. The van der Waals surface area contributed by atoms with Crippen LogP contribution in [0.2, 0.25) is 0 Å². The Balaban J connectivity index is 1.63. The number of hydrogen-bond acceptors (Lipinski definition) is 3. The minimum atomic E-state index is -0.456. The second-order valence-corrected chi connectivity index (χ2v) is 7.22. The maximum Gasteiger partial charge on any atom is 0.224 e. The van der Waals surface area contributed by atoms with Crippen LogP contribution in [0.15, 0.2) is 46.9 Å². The Morgan fingerprint density at radius 1 is 1.04 bits per heavy atom. The predicted molar refractivity (Wildman–Crippen MR) is 104 cm³/mol. The summed E-state index contributed by atoms with van der Waals surface area (Å²) in [5, 5.41) is 2.66. The lowest BCUT2D eigenvalue weighted by molar-refractivity contribution is -0.116. The van der Waals surface area contributed by atoms with E-state index in [0.29, 0.717) is 11.3 Å². The average Bonchev–Trinajstić information content (AvgIpc) is 3.16. The number of halogens is 2. The van der Waals surface area contributed by atoms with E-state index in [2.05, 4.69) is 26.1 Å². The molecule has 3 rings (SSSR count). The lowest BCUT2D eigenvalue weighted by Crippen LogP contribution is -2.22. The first-order valence-corrected chi connectivity index (χ1v) is 9.46. The van der Waals surface area contributed by atoms with Crippen molar-refractivity contribution in [1.29, 1.82) is 0 Å². The third kappa shape index (κ3) is 4.49. The van der Waals surface area contributed by atoms with Crippen molar-refractivity contribution in [1.82, 2.24) is 0 Å². The summed E-state index contributed by atoms with van der Waals surface area (Å²) in [5.41, 5.74) is 1.47. The minimum absolute atomic E-state index is 0.0165. The van der Waals surface area contributed by atoms with Crippen LogP contribution in [0, 0.1) is 5.82 Å². The molecule has 1 saturated heterocycles. The first-order chi connectivity index (χ1) is 12.5. The van der Waals surface area contributed by atoms with Gasteiger partial charge in [-0.2, -0.15) is 0 Å². The lowest BCUT2D eigenvalue weighted by atomic mass is 10.1. The van der Waals surface area contributed by atoms with Gasteiger partial charge in [-0.3, -0.25) is 9.59 Å². The first-order valence-electron chi connectivity index (χ1n) is 8.66. The normalized spacial score (nSPS) is 13.7. The number of carbonyl (C=O) groups is 2. The molecule has 0 saturated carbocycles. The summed E-state index contributed by atoms with van der Waals surface area (Å²) in [6, 6.07) is 11.8. The monoisotopic (exact) mass is 418 g/mol. The topological polar surface area (TPSA) is 49.4 Å². The van der Waals surface area contributed by atoms with E-state index in [4.69, 9.17) is 0 Å². The summed E-state index contributed by atoms with van der Waals surface area (Å²) >= 11 is 3.32. The fourth-order valence-corrected chi connectivity index (χ4v) is 3.33. The van der Waals surface area contributed by atoms with Gasteiger partial charge in [0, 0.05) is 36.0 Å². The zero-order chi connectivity index (χ0) is 18.5. The molecule has 1 fully saturated rings. The van der Waals surface area contributed by atoms with E-state index in [1.165, 1.54) is 6.07 Å². The van der Waals surface area contributed by atoms with E-state index in [9.17, 15) is 14.0 Å². The lowest BCUT2D eigenvalue weighted by Gasteiger charge is -2.22. The molecular weight excluding hydrogens is 399 g/mol. The molecule has 1 heterocycles. The molecule has 6 heteroatoms. The predicted octanol–water partition coefficient (Wildman–Crippen LogP) is 4.79. The number of ketones is 1. The van der Waals surface area contributed by atoms with Gasteiger partial charge in [0.1, 0.15) is 11.5 Å². The number of carbonyl (C=O) groups excluding carboxylic acids is 2. The van der Waals surface area contributed by atoms with Gasteiger partial charge < -0.3 is 10.2 Å². The van der Waals surface area contributed by atoms with Gasteiger partial charge in [0.2, 0.25) is 5.91 Å². The van der Waals surface area contributed by atoms with Crippen LogP contribution < -0.4 is 10.2 Å². The van der Waals surface area contributed by atoms with Gasteiger partial charge in [-0.1, -0.05) is 34.1 Å². The molecule has 0 aliphatic carbocycles. The smallest absolute Gasteiger partial charge is 0.224 e. The van der Waals surface area contributed by atoms with Crippen molar-refractivity contribution in [2.45, 2.75) is 25.7 Å². The highest BCUT2D eigenvalue weighted by Crippen LogP contribution is 2.31. The summed E-state index contributed by atoms with van der Waals surface area (Å²) in [4.78, 5) is 26.5. The van der Waals surface area contributed by atoms with Crippen LogP contribution in [0.5, 0.6) is 0 Å². The number of Topliss-reactive ketones (excluding diaryl/α,β-unsaturated/α-hetero) is 1. The molecular formula is C20H20BrFN2O2. The molecule has 26 heavy (non-hydrogen) atoms. The average molecular weight is 419 g/mol. The quantitative estimate of drug-likeness (QED) is 0.685. The van der Waals surface area contributed by atoms with Gasteiger partial charge >= 0.3 is 0 Å². The van der Waals surface area contributed by atoms with Crippen molar-refractivity contribution in [3.05, 3.63) is 58.3 Å². The molecule has 1 amide bonds. The Bertz CT molecular complexity index is 802. The van der Waals surface area contributed by atoms with Crippen LogP contribution in [0.3, 0.4) is 0 Å². The second kappa shape index (κ2) is 8.45. The van der Waals surface area contributed by atoms with Gasteiger partial charge in [0.15, 0.2) is 5.78 Å². The Kier molecular flexibility index (Phi) is 6.04. The van der Waals surface area contributed by atoms with E-state index in [0.717, 1.165) is 30.4 Å². The van der Waals surface area contributed by atoms with Crippen molar-refractivity contribution in [2.75, 3.05) is 23.3 Å². The Morgan fingerprint density at radius 3 is 2.42 bits per heavy atom. The zero-order valence-corrected chi connectivity index (χ0v) is 15.9. The number of nitrogens with zero attached hydrogens (tertiary/aromatic N) is 1. The third-order valence-electron chi connectivity index (χ3n) is 4.45.